The minimum Gasteiger partial charge on any atom is -0.481 e. The van der Waals surface area contributed by atoms with Gasteiger partial charge in [-0.15, -0.1) is 0 Å². The number of carbonyl (C=O) groups is 1. The van der Waals surface area contributed by atoms with Crippen molar-refractivity contribution < 1.29 is 9.90 Å². The van der Waals surface area contributed by atoms with Gasteiger partial charge in [0.1, 0.15) is 0 Å². The highest BCUT2D eigenvalue weighted by Crippen LogP contribution is 2.20. The molecule has 0 atom stereocenters. The minimum atomic E-state index is -0.844. The molecule has 1 heterocycles. The minimum absolute atomic E-state index is 0.00465. The van der Waals surface area contributed by atoms with Crippen LogP contribution in [0.3, 0.4) is 0 Å². The van der Waals surface area contributed by atoms with Gasteiger partial charge in [0.05, 0.1) is 12.1 Å². The third-order valence-corrected chi connectivity index (χ3v) is 2.62. The summed E-state index contributed by atoms with van der Waals surface area (Å²) in [5.74, 6) is -0.844. The topological polar surface area (TPSA) is 55.1 Å². The number of benzene rings is 1. The zero-order valence-electron chi connectivity index (χ0n) is 9.84. The first kappa shape index (κ1) is 11.4. The van der Waals surface area contributed by atoms with Gasteiger partial charge in [-0.3, -0.25) is 9.48 Å². The molecule has 0 aliphatic rings. The van der Waals surface area contributed by atoms with Crippen LogP contribution in [0.15, 0.2) is 30.3 Å². The monoisotopic (exact) mass is 230 g/mol. The third kappa shape index (κ3) is 2.53. The van der Waals surface area contributed by atoms with Crippen LogP contribution in [0, 0.1) is 6.92 Å². The van der Waals surface area contributed by atoms with Crippen LogP contribution in [0.5, 0.6) is 0 Å². The van der Waals surface area contributed by atoms with Gasteiger partial charge in [0.15, 0.2) is 0 Å². The molecule has 4 heteroatoms. The highest BCUT2D eigenvalue weighted by atomic mass is 16.4. The van der Waals surface area contributed by atoms with E-state index in [1.165, 1.54) is 0 Å². The molecule has 0 bridgehead atoms. The first-order chi connectivity index (χ1) is 8.06. The van der Waals surface area contributed by atoms with E-state index < -0.39 is 5.97 Å². The molecule has 0 fully saturated rings. The van der Waals surface area contributed by atoms with E-state index in [0.29, 0.717) is 5.69 Å². The van der Waals surface area contributed by atoms with Gasteiger partial charge in [-0.05, 0) is 19.1 Å². The Morgan fingerprint density at radius 3 is 2.82 bits per heavy atom. The lowest BCUT2D eigenvalue weighted by atomic mass is 10.1. The second-order valence-electron chi connectivity index (χ2n) is 4.08. The van der Waals surface area contributed by atoms with Crippen LogP contribution in [-0.2, 0) is 18.3 Å². The molecular weight excluding hydrogens is 216 g/mol. The number of nitrogens with zero attached hydrogens (tertiary/aromatic N) is 2. The van der Waals surface area contributed by atoms with Gasteiger partial charge in [-0.2, -0.15) is 5.10 Å². The molecule has 1 aromatic heterocycles. The molecule has 2 rings (SSSR count). The second kappa shape index (κ2) is 4.41. The van der Waals surface area contributed by atoms with Crippen LogP contribution in [0.4, 0.5) is 0 Å². The van der Waals surface area contributed by atoms with Gasteiger partial charge in [0, 0.05) is 18.3 Å². The zero-order valence-corrected chi connectivity index (χ0v) is 9.84. The summed E-state index contributed by atoms with van der Waals surface area (Å²) in [7, 11) is 1.76. The smallest absolute Gasteiger partial charge is 0.309 e. The zero-order chi connectivity index (χ0) is 12.4. The van der Waals surface area contributed by atoms with Gasteiger partial charge in [0.25, 0.3) is 0 Å². The summed E-state index contributed by atoms with van der Waals surface area (Å²) in [5.41, 5.74) is 3.69. The lowest BCUT2D eigenvalue weighted by Gasteiger charge is -1.97. The molecule has 88 valence electrons. The summed E-state index contributed by atoms with van der Waals surface area (Å²) in [4.78, 5) is 10.7. The molecule has 0 saturated heterocycles. The van der Waals surface area contributed by atoms with Crippen LogP contribution in [0.2, 0.25) is 0 Å². The molecule has 0 radical (unpaired) electrons. The summed E-state index contributed by atoms with van der Waals surface area (Å²) < 4.78 is 1.62. The van der Waals surface area contributed by atoms with E-state index >= 15 is 0 Å². The molecule has 0 amide bonds. The Morgan fingerprint density at radius 2 is 2.18 bits per heavy atom. The molecular formula is C13H14N2O2. The number of rotatable bonds is 3. The Labute approximate surface area is 99.5 Å². The van der Waals surface area contributed by atoms with Gasteiger partial charge in [-0.1, -0.05) is 23.8 Å². The number of carboxylic acid groups (broad SMARTS) is 1. The summed E-state index contributed by atoms with van der Waals surface area (Å²) >= 11 is 0. The van der Waals surface area contributed by atoms with Crippen molar-refractivity contribution in [2.75, 3.05) is 0 Å². The molecule has 0 spiro atoms. The largest absolute Gasteiger partial charge is 0.481 e. The SMILES string of the molecule is Cc1cccc(-c2cc(CC(=O)O)n(C)n2)c1. The average Bonchev–Trinajstić information content (AvgIpc) is 2.59. The summed E-state index contributed by atoms with van der Waals surface area (Å²) in [6, 6.07) is 9.82. The molecule has 4 nitrogen and oxygen atoms in total. The molecule has 17 heavy (non-hydrogen) atoms. The van der Waals surface area contributed by atoms with Crippen LogP contribution < -0.4 is 0 Å². The normalized spacial score (nSPS) is 10.5. The Bertz CT molecular complexity index is 558. The number of hydrogen-bond acceptors (Lipinski definition) is 2. The Morgan fingerprint density at radius 1 is 1.41 bits per heavy atom. The molecule has 0 unspecified atom stereocenters. The number of hydrogen-bond donors (Lipinski definition) is 1. The predicted molar refractivity (Wildman–Crippen MR) is 64.7 cm³/mol. The molecule has 0 saturated carbocycles. The van der Waals surface area contributed by atoms with Crippen molar-refractivity contribution in [2.45, 2.75) is 13.3 Å². The van der Waals surface area contributed by atoms with Crippen molar-refractivity contribution in [3.63, 3.8) is 0 Å². The van der Waals surface area contributed by atoms with E-state index in [-0.39, 0.29) is 6.42 Å². The highest BCUT2D eigenvalue weighted by Gasteiger charge is 2.10. The molecule has 0 aliphatic heterocycles. The van der Waals surface area contributed by atoms with Crippen molar-refractivity contribution >= 4 is 5.97 Å². The van der Waals surface area contributed by atoms with Crippen LogP contribution >= 0.6 is 0 Å². The number of carboxylic acids is 1. The summed E-state index contributed by atoms with van der Waals surface area (Å²) in [6.45, 7) is 2.02. The van der Waals surface area contributed by atoms with Crippen molar-refractivity contribution in [3.05, 3.63) is 41.6 Å². The van der Waals surface area contributed by atoms with Crippen molar-refractivity contribution in [2.24, 2.45) is 7.05 Å². The number of aromatic nitrogens is 2. The Hall–Kier alpha value is -2.10. The Balaban J connectivity index is 2.37. The molecule has 1 N–H and O–H groups in total. The molecule has 0 aliphatic carbocycles. The van der Waals surface area contributed by atoms with Crippen LogP contribution in [-0.4, -0.2) is 20.9 Å². The van der Waals surface area contributed by atoms with Crippen molar-refractivity contribution in [3.8, 4) is 11.3 Å². The third-order valence-electron chi connectivity index (χ3n) is 2.62. The van der Waals surface area contributed by atoms with Crippen molar-refractivity contribution in [1.29, 1.82) is 0 Å². The standard InChI is InChI=1S/C13H14N2O2/c1-9-4-3-5-10(6-9)12-7-11(8-13(16)17)15(2)14-12/h3-7H,8H2,1-2H3,(H,16,17). The average molecular weight is 230 g/mol. The highest BCUT2D eigenvalue weighted by molar-refractivity contribution is 5.70. The quantitative estimate of drug-likeness (QED) is 0.877. The number of aryl methyl sites for hydroxylation is 2. The fraction of sp³-hybridized carbons (Fsp3) is 0.231. The maximum absolute atomic E-state index is 10.7. The van der Waals surface area contributed by atoms with Gasteiger partial charge < -0.3 is 5.11 Å². The fourth-order valence-electron chi connectivity index (χ4n) is 1.77. The maximum Gasteiger partial charge on any atom is 0.309 e. The second-order valence-corrected chi connectivity index (χ2v) is 4.08. The van der Waals surface area contributed by atoms with Crippen LogP contribution in [0.25, 0.3) is 11.3 Å². The van der Waals surface area contributed by atoms with Crippen LogP contribution in [0.1, 0.15) is 11.3 Å². The van der Waals surface area contributed by atoms with E-state index in [1.54, 1.807) is 11.7 Å². The molecule has 1 aromatic carbocycles. The van der Waals surface area contributed by atoms with E-state index in [4.69, 9.17) is 5.11 Å². The maximum atomic E-state index is 10.7. The number of aliphatic carboxylic acids is 1. The first-order valence-corrected chi connectivity index (χ1v) is 5.38. The van der Waals surface area contributed by atoms with Gasteiger partial charge in [0.2, 0.25) is 0 Å². The predicted octanol–water partition coefficient (Wildman–Crippen LogP) is 2.02. The van der Waals surface area contributed by atoms with E-state index in [0.717, 1.165) is 16.8 Å². The van der Waals surface area contributed by atoms with E-state index in [2.05, 4.69) is 5.10 Å². The lowest BCUT2D eigenvalue weighted by molar-refractivity contribution is -0.136. The molecule has 2 aromatic rings. The van der Waals surface area contributed by atoms with E-state index in [1.807, 2.05) is 37.3 Å². The fourth-order valence-corrected chi connectivity index (χ4v) is 1.77. The summed E-state index contributed by atoms with van der Waals surface area (Å²) in [5, 5.41) is 13.1. The van der Waals surface area contributed by atoms with E-state index in [9.17, 15) is 4.79 Å². The Kier molecular flexibility index (Phi) is 2.95. The van der Waals surface area contributed by atoms with Gasteiger partial charge >= 0.3 is 5.97 Å². The first-order valence-electron chi connectivity index (χ1n) is 5.38. The lowest BCUT2D eigenvalue weighted by Crippen LogP contribution is -2.05. The summed E-state index contributed by atoms with van der Waals surface area (Å²) in [6.07, 6.45) is -0.00465. The van der Waals surface area contributed by atoms with Crippen molar-refractivity contribution in [1.82, 2.24) is 9.78 Å². The van der Waals surface area contributed by atoms with Gasteiger partial charge in [-0.25, -0.2) is 0 Å².